The highest BCUT2D eigenvalue weighted by Crippen LogP contribution is 2.34. The number of methoxy groups -OCH3 is 1. The van der Waals surface area contributed by atoms with E-state index in [1.807, 2.05) is 35.0 Å². The number of ether oxygens (including phenoxy) is 2. The monoisotopic (exact) mass is 365 g/mol. The van der Waals surface area contributed by atoms with E-state index in [0.29, 0.717) is 13.2 Å². The van der Waals surface area contributed by atoms with E-state index in [9.17, 15) is 8.42 Å². The van der Waals surface area contributed by atoms with Gasteiger partial charge in [-0.15, -0.1) is 0 Å². The van der Waals surface area contributed by atoms with Gasteiger partial charge in [-0.1, -0.05) is 12.1 Å². The molecule has 7 nitrogen and oxygen atoms in total. The Morgan fingerprint density at radius 1 is 1.32 bits per heavy atom. The summed E-state index contributed by atoms with van der Waals surface area (Å²) in [6.45, 7) is 0.882. The highest BCUT2D eigenvalue weighted by atomic mass is 32.2. The molecule has 2 atom stereocenters. The first-order valence-electron chi connectivity index (χ1n) is 8.08. The fourth-order valence-electron chi connectivity index (χ4n) is 3.09. The summed E-state index contributed by atoms with van der Waals surface area (Å²) in [6.07, 6.45) is 3.59. The van der Waals surface area contributed by atoms with Crippen LogP contribution < -0.4 is 4.74 Å². The first-order chi connectivity index (χ1) is 11.9. The normalized spacial score (nSPS) is 21.0. The number of para-hydroxylation sites is 1. The van der Waals surface area contributed by atoms with Crippen LogP contribution >= 0.6 is 0 Å². The zero-order valence-corrected chi connectivity index (χ0v) is 15.4. The summed E-state index contributed by atoms with van der Waals surface area (Å²) in [7, 11) is 1.43. The standard InChI is InChI=1S/C17H23N3O4S/c1-19(2)25(21,22)12-13-10-24-11-15(13)20-9-8-18-17(20)14-6-4-5-7-16(14)23-3/h4-9,13,15H,10-12H2,1-3H3/t13-,15-/m1/s1. The maximum Gasteiger partial charge on any atom is 0.214 e. The molecule has 2 aromatic rings. The highest BCUT2D eigenvalue weighted by Gasteiger charge is 2.35. The maximum absolute atomic E-state index is 12.3. The Morgan fingerprint density at radius 2 is 2.08 bits per heavy atom. The summed E-state index contributed by atoms with van der Waals surface area (Å²) >= 11 is 0. The zero-order valence-electron chi connectivity index (χ0n) is 14.6. The van der Waals surface area contributed by atoms with Crippen molar-refractivity contribution < 1.29 is 17.9 Å². The summed E-state index contributed by atoms with van der Waals surface area (Å²) < 4.78 is 38.9. The van der Waals surface area contributed by atoms with E-state index >= 15 is 0 Å². The largest absolute Gasteiger partial charge is 0.496 e. The third-order valence-electron chi connectivity index (χ3n) is 4.52. The minimum absolute atomic E-state index is 0.0498. The van der Waals surface area contributed by atoms with Crippen molar-refractivity contribution >= 4 is 10.0 Å². The molecule has 25 heavy (non-hydrogen) atoms. The minimum Gasteiger partial charge on any atom is -0.496 e. The lowest BCUT2D eigenvalue weighted by Crippen LogP contribution is -2.32. The zero-order chi connectivity index (χ0) is 18.0. The molecule has 1 aromatic carbocycles. The van der Waals surface area contributed by atoms with Gasteiger partial charge in [0.15, 0.2) is 0 Å². The molecule has 0 amide bonds. The molecule has 1 aliphatic heterocycles. The van der Waals surface area contributed by atoms with Crippen LogP contribution in [0.4, 0.5) is 0 Å². The average molecular weight is 365 g/mol. The molecule has 0 saturated carbocycles. The number of sulfonamides is 1. The number of hydrogen-bond donors (Lipinski definition) is 0. The quantitative estimate of drug-likeness (QED) is 0.778. The Bertz CT molecular complexity index is 832. The Balaban J connectivity index is 1.94. The molecule has 136 valence electrons. The SMILES string of the molecule is COc1ccccc1-c1nccn1[C@@H]1COC[C@@H]1CS(=O)(=O)N(C)C. The topological polar surface area (TPSA) is 73.7 Å². The van der Waals surface area contributed by atoms with E-state index in [-0.39, 0.29) is 17.7 Å². The highest BCUT2D eigenvalue weighted by molar-refractivity contribution is 7.89. The fourth-order valence-corrected chi connectivity index (χ4v) is 4.25. The van der Waals surface area contributed by atoms with Crippen LogP contribution in [0.3, 0.4) is 0 Å². The number of rotatable bonds is 6. The van der Waals surface area contributed by atoms with Gasteiger partial charge in [0.05, 0.1) is 37.7 Å². The second-order valence-electron chi connectivity index (χ2n) is 6.28. The van der Waals surface area contributed by atoms with Crippen LogP contribution in [0, 0.1) is 5.92 Å². The molecule has 1 saturated heterocycles. The third kappa shape index (κ3) is 3.56. The number of nitrogens with zero attached hydrogens (tertiary/aromatic N) is 3. The molecule has 1 aliphatic rings. The van der Waals surface area contributed by atoms with Gasteiger partial charge in [0.1, 0.15) is 11.6 Å². The first-order valence-corrected chi connectivity index (χ1v) is 9.69. The van der Waals surface area contributed by atoms with E-state index in [1.165, 1.54) is 4.31 Å². The predicted octanol–water partition coefficient (Wildman–Crippen LogP) is 1.64. The summed E-state index contributed by atoms with van der Waals surface area (Å²) in [5.74, 6) is 1.40. The number of hydrogen-bond acceptors (Lipinski definition) is 5. The van der Waals surface area contributed by atoms with Gasteiger partial charge in [-0.25, -0.2) is 17.7 Å². The van der Waals surface area contributed by atoms with E-state index in [2.05, 4.69) is 4.98 Å². The van der Waals surface area contributed by atoms with Gasteiger partial charge in [0.2, 0.25) is 10.0 Å². The van der Waals surface area contributed by atoms with Crippen molar-refractivity contribution in [3.05, 3.63) is 36.7 Å². The number of aromatic nitrogens is 2. The molecule has 1 fully saturated rings. The predicted molar refractivity (Wildman–Crippen MR) is 95.0 cm³/mol. The lowest BCUT2D eigenvalue weighted by Gasteiger charge is -2.23. The molecule has 0 N–H and O–H groups in total. The molecular weight excluding hydrogens is 342 g/mol. The second-order valence-corrected chi connectivity index (χ2v) is 8.51. The van der Waals surface area contributed by atoms with Gasteiger partial charge in [-0.2, -0.15) is 0 Å². The van der Waals surface area contributed by atoms with Gasteiger partial charge in [-0.05, 0) is 12.1 Å². The van der Waals surface area contributed by atoms with Gasteiger partial charge in [0.25, 0.3) is 0 Å². The molecule has 0 radical (unpaired) electrons. The lowest BCUT2D eigenvalue weighted by molar-refractivity contribution is 0.182. The smallest absolute Gasteiger partial charge is 0.214 e. The Kier molecular flexibility index (Phi) is 5.12. The summed E-state index contributed by atoms with van der Waals surface area (Å²) in [5.41, 5.74) is 0.871. The minimum atomic E-state index is -3.30. The molecule has 0 bridgehead atoms. The fraction of sp³-hybridized carbons (Fsp3) is 0.471. The number of benzene rings is 1. The van der Waals surface area contributed by atoms with Gasteiger partial charge < -0.3 is 14.0 Å². The van der Waals surface area contributed by atoms with Crippen molar-refractivity contribution in [2.24, 2.45) is 5.92 Å². The van der Waals surface area contributed by atoms with Crippen molar-refractivity contribution in [1.29, 1.82) is 0 Å². The lowest BCUT2D eigenvalue weighted by atomic mass is 10.1. The van der Waals surface area contributed by atoms with Gasteiger partial charge in [0, 0.05) is 32.4 Å². The van der Waals surface area contributed by atoms with Crippen LogP contribution in [0.1, 0.15) is 6.04 Å². The van der Waals surface area contributed by atoms with Crippen LogP contribution in [0.15, 0.2) is 36.7 Å². The van der Waals surface area contributed by atoms with Crippen molar-refractivity contribution in [3.8, 4) is 17.1 Å². The Hall–Kier alpha value is -1.90. The molecule has 8 heteroatoms. The Morgan fingerprint density at radius 3 is 2.80 bits per heavy atom. The van der Waals surface area contributed by atoms with E-state index < -0.39 is 10.0 Å². The molecule has 0 aliphatic carbocycles. The van der Waals surface area contributed by atoms with Gasteiger partial charge in [-0.3, -0.25) is 0 Å². The first kappa shape index (κ1) is 17.9. The summed E-state index contributed by atoms with van der Waals surface area (Å²) in [6, 6.07) is 7.57. The average Bonchev–Trinajstić information content (AvgIpc) is 3.22. The summed E-state index contributed by atoms with van der Waals surface area (Å²) in [4.78, 5) is 4.47. The third-order valence-corrected chi connectivity index (χ3v) is 6.48. The molecule has 1 aromatic heterocycles. The van der Waals surface area contributed by atoms with Crippen LogP contribution in [0.25, 0.3) is 11.4 Å². The van der Waals surface area contributed by atoms with E-state index in [1.54, 1.807) is 27.4 Å². The van der Waals surface area contributed by atoms with E-state index in [4.69, 9.17) is 9.47 Å². The maximum atomic E-state index is 12.3. The van der Waals surface area contributed by atoms with Crippen molar-refractivity contribution in [2.45, 2.75) is 6.04 Å². The van der Waals surface area contributed by atoms with Crippen LogP contribution in [-0.2, 0) is 14.8 Å². The van der Waals surface area contributed by atoms with Crippen molar-refractivity contribution in [2.75, 3.05) is 40.2 Å². The second kappa shape index (κ2) is 7.15. The van der Waals surface area contributed by atoms with E-state index in [0.717, 1.165) is 17.1 Å². The molecule has 0 unspecified atom stereocenters. The molecule has 2 heterocycles. The Labute approximate surface area is 148 Å². The van der Waals surface area contributed by atoms with Gasteiger partial charge >= 0.3 is 0 Å². The van der Waals surface area contributed by atoms with Crippen molar-refractivity contribution in [3.63, 3.8) is 0 Å². The summed E-state index contributed by atoms with van der Waals surface area (Å²) in [5, 5.41) is 0. The van der Waals surface area contributed by atoms with Crippen LogP contribution in [0.2, 0.25) is 0 Å². The van der Waals surface area contributed by atoms with Crippen molar-refractivity contribution in [1.82, 2.24) is 13.9 Å². The number of imidazole rings is 1. The van der Waals surface area contributed by atoms with Crippen LogP contribution in [-0.4, -0.2) is 62.4 Å². The molecule has 3 rings (SSSR count). The molecular formula is C17H23N3O4S. The van der Waals surface area contributed by atoms with Crippen LogP contribution in [0.5, 0.6) is 5.75 Å². The molecule has 0 spiro atoms.